The number of rotatable bonds is 5. The maximum atomic E-state index is 7.01. The van der Waals surface area contributed by atoms with E-state index in [1.54, 1.807) is 0 Å². The standard InChI is InChI=1S/C31H54O6Si2/c1-30(2,3)38(7,8)36-27-20-25-26-21-28(37-39(9,10)31(4,5)6)24(35-25)17-19-33-29(22-14-12-11-13-15-22)32-18-16-23(27)34-26/h11-15,23-29H,16-21H2,1-10H3/t23-,24-,25+,26+,27+,28+/m0/s1. The Hall–Kier alpha value is -0.586. The van der Waals surface area contributed by atoms with Gasteiger partial charge in [0.25, 0.3) is 0 Å². The highest BCUT2D eigenvalue weighted by molar-refractivity contribution is 6.74. The Kier molecular flexibility index (Phi) is 9.61. The number of hydrogen-bond acceptors (Lipinski definition) is 6. The molecule has 222 valence electrons. The first-order valence-electron chi connectivity index (χ1n) is 15.0. The molecule has 6 nitrogen and oxygen atoms in total. The van der Waals surface area contributed by atoms with Gasteiger partial charge in [-0.15, -0.1) is 0 Å². The number of fused-ring (bicyclic) bond motifs is 2. The van der Waals surface area contributed by atoms with Crippen LogP contribution in [0.15, 0.2) is 30.3 Å². The molecule has 5 saturated heterocycles. The van der Waals surface area contributed by atoms with Crippen molar-refractivity contribution in [1.82, 2.24) is 0 Å². The third-order valence-electron chi connectivity index (χ3n) is 9.79. The normalized spacial score (nSPS) is 33.3. The van der Waals surface area contributed by atoms with Crippen LogP contribution >= 0.6 is 0 Å². The lowest BCUT2D eigenvalue weighted by molar-refractivity contribution is -0.241. The van der Waals surface area contributed by atoms with E-state index in [0.717, 1.165) is 31.2 Å². The zero-order valence-corrected chi connectivity index (χ0v) is 28.1. The number of hydrogen-bond donors (Lipinski definition) is 0. The highest BCUT2D eigenvalue weighted by atomic mass is 28.4. The largest absolute Gasteiger partial charge is 0.411 e. The molecule has 5 aliphatic heterocycles. The fraction of sp³-hybridized carbons (Fsp3) is 0.806. The molecule has 0 N–H and O–H groups in total. The molecule has 5 fully saturated rings. The van der Waals surface area contributed by atoms with Gasteiger partial charge in [0.1, 0.15) is 0 Å². The summed E-state index contributed by atoms with van der Waals surface area (Å²) >= 11 is 0. The predicted octanol–water partition coefficient (Wildman–Crippen LogP) is 7.61. The second kappa shape index (κ2) is 12.0. The van der Waals surface area contributed by atoms with Crippen LogP contribution in [-0.4, -0.2) is 66.5 Å². The van der Waals surface area contributed by atoms with Gasteiger partial charge >= 0.3 is 0 Å². The molecule has 4 bridgehead atoms. The summed E-state index contributed by atoms with van der Waals surface area (Å²) in [6, 6.07) is 10.2. The van der Waals surface area contributed by atoms with Gasteiger partial charge < -0.3 is 27.8 Å². The van der Waals surface area contributed by atoms with Crippen molar-refractivity contribution in [3.63, 3.8) is 0 Å². The Labute approximate surface area is 239 Å². The molecule has 0 unspecified atom stereocenters. The molecule has 1 aromatic rings. The average molecular weight is 579 g/mol. The van der Waals surface area contributed by atoms with Crippen LogP contribution in [0.2, 0.25) is 36.3 Å². The third-order valence-corrected chi connectivity index (χ3v) is 18.8. The summed E-state index contributed by atoms with van der Waals surface area (Å²) in [5.41, 5.74) is 1.03. The molecule has 39 heavy (non-hydrogen) atoms. The lowest BCUT2D eigenvalue weighted by Gasteiger charge is -2.52. The first-order valence-corrected chi connectivity index (χ1v) is 20.8. The lowest BCUT2D eigenvalue weighted by atomic mass is 9.89. The summed E-state index contributed by atoms with van der Waals surface area (Å²) in [4.78, 5) is 0. The molecule has 6 atom stereocenters. The van der Waals surface area contributed by atoms with Crippen LogP contribution in [0, 0.1) is 0 Å². The molecule has 0 saturated carbocycles. The highest BCUT2D eigenvalue weighted by Crippen LogP contribution is 2.44. The molecule has 1 aromatic carbocycles. The van der Waals surface area contributed by atoms with E-state index in [2.05, 4.69) is 79.9 Å². The molecule has 6 rings (SSSR count). The second-order valence-electron chi connectivity index (χ2n) is 14.8. The first-order chi connectivity index (χ1) is 18.1. The molecule has 0 amide bonds. The van der Waals surface area contributed by atoms with Crippen molar-refractivity contribution >= 4 is 16.6 Å². The molecule has 5 heterocycles. The summed E-state index contributed by atoms with van der Waals surface area (Å²) in [6.45, 7) is 24.2. The van der Waals surface area contributed by atoms with Gasteiger partial charge in [-0.25, -0.2) is 0 Å². The van der Waals surface area contributed by atoms with Crippen LogP contribution in [0.1, 0.15) is 79.1 Å². The average Bonchev–Trinajstić information content (AvgIpc) is 2.85. The van der Waals surface area contributed by atoms with E-state index < -0.39 is 22.9 Å². The van der Waals surface area contributed by atoms with Gasteiger partial charge in [0, 0.05) is 18.4 Å². The van der Waals surface area contributed by atoms with Gasteiger partial charge in [0.2, 0.25) is 0 Å². The minimum atomic E-state index is -2.00. The van der Waals surface area contributed by atoms with Gasteiger partial charge in [-0.1, -0.05) is 71.9 Å². The van der Waals surface area contributed by atoms with E-state index in [1.165, 1.54) is 0 Å². The van der Waals surface area contributed by atoms with E-state index in [4.69, 9.17) is 27.8 Å². The topological polar surface area (TPSA) is 55.4 Å². The van der Waals surface area contributed by atoms with Crippen molar-refractivity contribution < 1.29 is 27.8 Å². The Bertz CT molecular complexity index is 869. The highest BCUT2D eigenvalue weighted by Gasteiger charge is 2.51. The number of benzene rings is 1. The van der Waals surface area contributed by atoms with Crippen LogP contribution in [0.25, 0.3) is 0 Å². The fourth-order valence-corrected chi connectivity index (χ4v) is 7.99. The van der Waals surface area contributed by atoms with E-state index >= 15 is 0 Å². The van der Waals surface area contributed by atoms with E-state index in [0.29, 0.717) is 13.2 Å². The van der Waals surface area contributed by atoms with Crippen LogP contribution in [0.3, 0.4) is 0 Å². The molecular weight excluding hydrogens is 525 g/mol. The lowest BCUT2D eigenvalue weighted by Crippen LogP contribution is -2.60. The summed E-state index contributed by atoms with van der Waals surface area (Å²) in [5, 5.41) is 0.246. The fourth-order valence-electron chi connectivity index (χ4n) is 5.28. The molecular formula is C31H54O6Si2. The van der Waals surface area contributed by atoms with Gasteiger partial charge in [-0.05, 0) is 49.1 Å². The monoisotopic (exact) mass is 578 g/mol. The zero-order valence-electron chi connectivity index (χ0n) is 26.1. The van der Waals surface area contributed by atoms with E-state index in [9.17, 15) is 0 Å². The molecule has 0 radical (unpaired) electrons. The van der Waals surface area contributed by atoms with Crippen LogP contribution in [0.5, 0.6) is 0 Å². The second-order valence-corrected chi connectivity index (χ2v) is 24.3. The SMILES string of the molecule is CC(C)(C)[Si](C)(C)O[C@@H]1C[C@H]2O[C@H]3CCOC(c4ccccc4)OCC[C@@H]1O[C@@H]2C[C@H]3O[Si](C)(C)C(C)(C)C. The third kappa shape index (κ3) is 7.44. The van der Waals surface area contributed by atoms with Crippen molar-refractivity contribution in [2.24, 2.45) is 0 Å². The Morgan fingerprint density at radius 1 is 0.641 bits per heavy atom. The van der Waals surface area contributed by atoms with Crippen LogP contribution in [0.4, 0.5) is 0 Å². The summed E-state index contributed by atoms with van der Waals surface area (Å²) < 4.78 is 40.5. The van der Waals surface area contributed by atoms with Crippen LogP contribution in [-0.2, 0) is 27.8 Å². The molecule has 8 heteroatoms. The Balaban J connectivity index is 1.61. The summed E-state index contributed by atoms with van der Waals surface area (Å²) in [7, 11) is -4.01. The minimum Gasteiger partial charge on any atom is -0.411 e. The summed E-state index contributed by atoms with van der Waals surface area (Å²) in [6.07, 6.45) is 2.70. The smallest absolute Gasteiger partial charge is 0.192 e. The quantitative estimate of drug-likeness (QED) is 0.335. The number of ether oxygens (including phenoxy) is 4. The maximum Gasteiger partial charge on any atom is 0.192 e. The Morgan fingerprint density at radius 3 is 1.44 bits per heavy atom. The van der Waals surface area contributed by atoms with Gasteiger partial charge in [0.05, 0.1) is 49.8 Å². The molecule has 0 aromatic heterocycles. The maximum absolute atomic E-state index is 7.01. The molecule has 0 spiro atoms. The summed E-state index contributed by atoms with van der Waals surface area (Å²) in [5.74, 6) is 0. The van der Waals surface area contributed by atoms with E-state index in [-0.39, 0.29) is 46.7 Å². The molecule has 5 aliphatic rings. The van der Waals surface area contributed by atoms with Crippen molar-refractivity contribution in [1.29, 1.82) is 0 Å². The van der Waals surface area contributed by atoms with Crippen molar-refractivity contribution in [2.45, 2.75) is 146 Å². The van der Waals surface area contributed by atoms with Gasteiger partial charge in [-0.3, -0.25) is 0 Å². The van der Waals surface area contributed by atoms with Crippen LogP contribution < -0.4 is 0 Å². The van der Waals surface area contributed by atoms with E-state index in [1.807, 2.05) is 18.2 Å². The van der Waals surface area contributed by atoms with Crippen molar-refractivity contribution in [2.75, 3.05) is 13.2 Å². The zero-order chi connectivity index (χ0) is 28.6. The predicted molar refractivity (Wildman–Crippen MR) is 161 cm³/mol. The van der Waals surface area contributed by atoms with Gasteiger partial charge in [-0.2, -0.15) is 0 Å². The minimum absolute atomic E-state index is 0.00637. The first kappa shape index (κ1) is 31.4. The Morgan fingerprint density at radius 2 is 1.05 bits per heavy atom. The van der Waals surface area contributed by atoms with Crippen molar-refractivity contribution in [3.05, 3.63) is 35.9 Å². The molecule has 0 aliphatic carbocycles. The van der Waals surface area contributed by atoms with Crippen molar-refractivity contribution in [3.8, 4) is 0 Å². The van der Waals surface area contributed by atoms with Gasteiger partial charge in [0.15, 0.2) is 22.9 Å².